The van der Waals surface area contributed by atoms with Crippen LogP contribution in [-0.2, 0) is 6.54 Å². The number of para-hydroxylation sites is 1. The van der Waals surface area contributed by atoms with Gasteiger partial charge in [-0.2, -0.15) is 0 Å². The Morgan fingerprint density at radius 2 is 1.79 bits per heavy atom. The number of aliphatic imine (C=N–C) groups is 1. The van der Waals surface area contributed by atoms with Crippen LogP contribution in [0.5, 0.6) is 0 Å². The molecule has 0 saturated carbocycles. The second-order valence-corrected chi connectivity index (χ2v) is 8.40. The van der Waals surface area contributed by atoms with E-state index in [1.165, 1.54) is 31.7 Å². The van der Waals surface area contributed by atoms with E-state index in [4.69, 9.17) is 5.73 Å². The van der Waals surface area contributed by atoms with E-state index in [0.717, 1.165) is 28.6 Å². The standard InChI is InChI=1S/C25H17N3S/c26-21-14-28-22-7-3-2-6-18(22)25(21)16-9-17-12-27-13-20(17)19(10-16)24-11-15-5-1-4-8-23(15)29-24/h1-12,14H,13,26H2. The van der Waals surface area contributed by atoms with Gasteiger partial charge in [0, 0.05) is 26.7 Å². The van der Waals surface area contributed by atoms with Gasteiger partial charge in [0.25, 0.3) is 0 Å². The van der Waals surface area contributed by atoms with Crippen LogP contribution in [0, 0.1) is 0 Å². The molecule has 0 unspecified atom stereocenters. The van der Waals surface area contributed by atoms with E-state index in [9.17, 15) is 0 Å². The molecule has 5 aromatic rings. The zero-order valence-electron chi connectivity index (χ0n) is 15.6. The van der Waals surface area contributed by atoms with Gasteiger partial charge in [-0.25, -0.2) is 0 Å². The molecule has 6 rings (SSSR count). The Kier molecular flexibility index (Phi) is 3.55. The van der Waals surface area contributed by atoms with Crippen molar-refractivity contribution in [1.29, 1.82) is 0 Å². The van der Waals surface area contributed by atoms with Crippen molar-refractivity contribution in [3.05, 3.63) is 84.1 Å². The minimum absolute atomic E-state index is 0.695. The van der Waals surface area contributed by atoms with Gasteiger partial charge in [-0.15, -0.1) is 11.3 Å². The second kappa shape index (κ2) is 6.26. The fourth-order valence-electron chi connectivity index (χ4n) is 4.18. The van der Waals surface area contributed by atoms with Crippen LogP contribution in [0.3, 0.4) is 0 Å². The third-order valence-corrected chi connectivity index (χ3v) is 6.70. The number of pyridine rings is 1. The summed E-state index contributed by atoms with van der Waals surface area (Å²) in [5.74, 6) is 0. The van der Waals surface area contributed by atoms with Crippen molar-refractivity contribution in [2.24, 2.45) is 4.99 Å². The van der Waals surface area contributed by atoms with Gasteiger partial charge < -0.3 is 5.73 Å². The molecule has 138 valence electrons. The van der Waals surface area contributed by atoms with Gasteiger partial charge in [0.15, 0.2) is 0 Å². The summed E-state index contributed by atoms with van der Waals surface area (Å²) >= 11 is 1.83. The monoisotopic (exact) mass is 391 g/mol. The zero-order chi connectivity index (χ0) is 19.4. The molecule has 0 spiro atoms. The van der Waals surface area contributed by atoms with Crippen molar-refractivity contribution >= 4 is 44.2 Å². The average Bonchev–Trinajstić information content (AvgIpc) is 3.39. The lowest BCUT2D eigenvalue weighted by atomic mass is 9.92. The summed E-state index contributed by atoms with van der Waals surface area (Å²) in [6.45, 7) is 0.728. The Morgan fingerprint density at radius 3 is 2.72 bits per heavy atom. The maximum atomic E-state index is 6.42. The van der Waals surface area contributed by atoms with Crippen LogP contribution in [0.25, 0.3) is 42.6 Å². The van der Waals surface area contributed by atoms with E-state index < -0.39 is 0 Å². The van der Waals surface area contributed by atoms with Gasteiger partial charge in [0.05, 0.1) is 23.9 Å². The van der Waals surface area contributed by atoms with Gasteiger partial charge in [-0.05, 0) is 58.0 Å². The molecule has 3 heterocycles. The molecule has 0 radical (unpaired) electrons. The molecule has 0 amide bonds. The van der Waals surface area contributed by atoms with Gasteiger partial charge >= 0.3 is 0 Å². The summed E-state index contributed by atoms with van der Waals surface area (Å²) in [6.07, 6.45) is 3.74. The Hall–Kier alpha value is -3.50. The number of hydrogen-bond donors (Lipinski definition) is 1. The first-order chi connectivity index (χ1) is 14.3. The fraction of sp³-hybridized carbons (Fsp3) is 0.0400. The van der Waals surface area contributed by atoms with Gasteiger partial charge in [0.2, 0.25) is 0 Å². The van der Waals surface area contributed by atoms with Gasteiger partial charge in [-0.3, -0.25) is 9.98 Å². The van der Waals surface area contributed by atoms with Crippen LogP contribution in [0.2, 0.25) is 0 Å². The Bertz CT molecular complexity index is 1410. The first-order valence-corrected chi connectivity index (χ1v) is 10.4. The van der Waals surface area contributed by atoms with Crippen LogP contribution >= 0.6 is 11.3 Å². The average molecular weight is 391 g/mol. The molecular weight excluding hydrogens is 374 g/mol. The molecule has 29 heavy (non-hydrogen) atoms. The Labute approximate surface area is 172 Å². The first kappa shape index (κ1) is 16.5. The number of nitrogen functional groups attached to an aromatic ring is 1. The number of rotatable bonds is 2. The molecule has 3 nitrogen and oxygen atoms in total. The molecule has 0 aliphatic carbocycles. The maximum Gasteiger partial charge on any atom is 0.0709 e. The lowest BCUT2D eigenvalue weighted by Crippen LogP contribution is -1.96. The fourth-order valence-corrected chi connectivity index (χ4v) is 5.29. The number of benzene rings is 3. The molecule has 0 saturated heterocycles. The second-order valence-electron chi connectivity index (χ2n) is 7.32. The lowest BCUT2D eigenvalue weighted by molar-refractivity contribution is 1.12. The molecule has 0 bridgehead atoms. The first-order valence-electron chi connectivity index (χ1n) is 9.57. The largest absolute Gasteiger partial charge is 0.397 e. The number of nitrogens with zero attached hydrogens (tertiary/aromatic N) is 2. The van der Waals surface area contributed by atoms with E-state index in [2.05, 4.69) is 58.5 Å². The Balaban J connectivity index is 1.64. The molecular formula is C25H17N3S. The summed E-state index contributed by atoms with van der Waals surface area (Å²) in [5.41, 5.74) is 13.9. The number of hydrogen-bond acceptors (Lipinski definition) is 4. The minimum Gasteiger partial charge on any atom is -0.397 e. The third-order valence-electron chi connectivity index (χ3n) is 5.55. The molecule has 2 aromatic heterocycles. The van der Waals surface area contributed by atoms with Crippen LogP contribution in [-0.4, -0.2) is 11.2 Å². The molecule has 4 heteroatoms. The van der Waals surface area contributed by atoms with Crippen LogP contribution in [0.4, 0.5) is 5.69 Å². The highest BCUT2D eigenvalue weighted by atomic mass is 32.1. The van der Waals surface area contributed by atoms with Crippen molar-refractivity contribution in [2.75, 3.05) is 5.73 Å². The van der Waals surface area contributed by atoms with Gasteiger partial charge in [-0.1, -0.05) is 36.4 Å². The topological polar surface area (TPSA) is 51.3 Å². The summed E-state index contributed by atoms with van der Waals surface area (Å²) in [5, 5.41) is 2.35. The third kappa shape index (κ3) is 2.57. The summed E-state index contributed by atoms with van der Waals surface area (Å²) in [6, 6.07) is 23.5. The van der Waals surface area contributed by atoms with E-state index >= 15 is 0 Å². The minimum atomic E-state index is 0.695. The zero-order valence-corrected chi connectivity index (χ0v) is 16.4. The molecule has 1 aliphatic heterocycles. The van der Waals surface area contributed by atoms with E-state index in [1.807, 2.05) is 35.8 Å². The molecule has 0 fully saturated rings. The lowest BCUT2D eigenvalue weighted by Gasteiger charge is -2.14. The van der Waals surface area contributed by atoms with E-state index in [-0.39, 0.29) is 0 Å². The van der Waals surface area contributed by atoms with Crippen molar-refractivity contribution in [3.8, 4) is 21.6 Å². The number of thiophene rings is 1. The van der Waals surface area contributed by atoms with Crippen molar-refractivity contribution < 1.29 is 0 Å². The number of aromatic nitrogens is 1. The molecule has 3 aromatic carbocycles. The van der Waals surface area contributed by atoms with E-state index in [0.29, 0.717) is 5.69 Å². The van der Waals surface area contributed by atoms with Crippen LogP contribution < -0.4 is 5.73 Å². The highest BCUT2D eigenvalue weighted by Crippen LogP contribution is 2.42. The summed E-state index contributed by atoms with van der Waals surface area (Å²) in [4.78, 5) is 10.3. The summed E-state index contributed by atoms with van der Waals surface area (Å²) < 4.78 is 1.30. The number of fused-ring (bicyclic) bond motifs is 3. The molecule has 1 aliphatic rings. The smallest absolute Gasteiger partial charge is 0.0709 e. The normalized spacial score (nSPS) is 12.7. The van der Waals surface area contributed by atoms with Crippen molar-refractivity contribution in [3.63, 3.8) is 0 Å². The van der Waals surface area contributed by atoms with E-state index in [1.54, 1.807) is 6.20 Å². The summed E-state index contributed by atoms with van der Waals surface area (Å²) in [7, 11) is 0. The molecule has 0 atom stereocenters. The highest BCUT2D eigenvalue weighted by Gasteiger charge is 2.19. The Morgan fingerprint density at radius 1 is 0.931 bits per heavy atom. The number of nitrogens with two attached hydrogens (primary N) is 1. The van der Waals surface area contributed by atoms with Crippen molar-refractivity contribution in [2.45, 2.75) is 6.54 Å². The highest BCUT2D eigenvalue weighted by molar-refractivity contribution is 7.22. The SMILES string of the molecule is Nc1cnc2ccccc2c1-c1cc2c(c(-c3cc4ccccc4s3)c1)CN=C2. The predicted molar refractivity (Wildman–Crippen MR) is 124 cm³/mol. The van der Waals surface area contributed by atoms with Crippen LogP contribution in [0.1, 0.15) is 11.1 Å². The van der Waals surface area contributed by atoms with Crippen LogP contribution in [0.15, 0.2) is 77.9 Å². The maximum absolute atomic E-state index is 6.42. The van der Waals surface area contributed by atoms with Crippen molar-refractivity contribution in [1.82, 2.24) is 4.98 Å². The quantitative estimate of drug-likeness (QED) is 0.384. The number of anilines is 1. The predicted octanol–water partition coefficient (Wildman–Crippen LogP) is 6.30. The molecule has 2 N–H and O–H groups in total. The van der Waals surface area contributed by atoms with Gasteiger partial charge in [0.1, 0.15) is 0 Å².